The number of hydrogen-bond donors (Lipinski definition) is 3. The van der Waals surface area contributed by atoms with Crippen molar-refractivity contribution in [2.75, 3.05) is 5.32 Å². The number of amides is 1. The first-order valence-electron chi connectivity index (χ1n) is 5.36. The summed E-state index contributed by atoms with van der Waals surface area (Å²) < 4.78 is 0. The molecule has 1 rings (SSSR count). The summed E-state index contributed by atoms with van der Waals surface area (Å²) >= 11 is 0. The number of benzene rings is 1. The third-order valence-corrected chi connectivity index (χ3v) is 2.60. The lowest BCUT2D eigenvalue weighted by molar-refractivity contribution is -0.117. The lowest BCUT2D eigenvalue weighted by Crippen LogP contribution is -2.35. The zero-order valence-corrected chi connectivity index (χ0v) is 9.86. The van der Waals surface area contributed by atoms with Crippen molar-refractivity contribution in [2.24, 2.45) is 5.73 Å². The third kappa shape index (κ3) is 3.04. The van der Waals surface area contributed by atoms with Crippen LogP contribution < -0.4 is 11.1 Å². The zero-order valence-electron chi connectivity index (χ0n) is 9.86. The van der Waals surface area contributed by atoms with E-state index in [-0.39, 0.29) is 11.5 Å². The van der Waals surface area contributed by atoms with E-state index < -0.39 is 12.0 Å². The molecule has 0 spiro atoms. The van der Waals surface area contributed by atoms with E-state index in [1.807, 2.05) is 6.92 Å². The van der Waals surface area contributed by atoms with Gasteiger partial charge in [-0.2, -0.15) is 0 Å². The minimum atomic E-state index is -1.02. The highest BCUT2D eigenvalue weighted by molar-refractivity contribution is 5.98. The highest BCUT2D eigenvalue weighted by atomic mass is 16.4. The molecule has 0 radical (unpaired) electrons. The third-order valence-electron chi connectivity index (χ3n) is 2.60. The number of hydrogen-bond acceptors (Lipinski definition) is 3. The zero-order chi connectivity index (χ0) is 13.0. The lowest BCUT2D eigenvalue weighted by atomic mass is 10.1. The highest BCUT2D eigenvalue weighted by Gasteiger charge is 2.15. The number of carbonyl (C=O) groups is 2. The van der Waals surface area contributed by atoms with Crippen molar-refractivity contribution in [3.63, 3.8) is 0 Å². The van der Waals surface area contributed by atoms with Crippen LogP contribution in [0.4, 0.5) is 5.69 Å². The summed E-state index contributed by atoms with van der Waals surface area (Å²) in [6, 6.07) is 4.15. The molecule has 0 saturated heterocycles. The van der Waals surface area contributed by atoms with Crippen LogP contribution in [0.2, 0.25) is 0 Å². The van der Waals surface area contributed by atoms with Gasteiger partial charge in [0.05, 0.1) is 11.6 Å². The molecule has 1 aromatic rings. The molecule has 1 atom stereocenters. The molecule has 0 aliphatic heterocycles. The summed E-state index contributed by atoms with van der Waals surface area (Å²) in [6.45, 7) is 3.46. The summed E-state index contributed by atoms with van der Waals surface area (Å²) in [5, 5.41) is 11.6. The van der Waals surface area contributed by atoms with E-state index in [2.05, 4.69) is 5.32 Å². The first-order valence-corrected chi connectivity index (χ1v) is 5.36. The highest BCUT2D eigenvalue weighted by Crippen LogP contribution is 2.19. The van der Waals surface area contributed by atoms with E-state index in [0.717, 1.165) is 0 Å². The molecular weight excluding hydrogens is 220 g/mol. The van der Waals surface area contributed by atoms with Crippen LogP contribution in [0.3, 0.4) is 0 Å². The molecule has 0 aliphatic rings. The van der Waals surface area contributed by atoms with Crippen LogP contribution in [-0.4, -0.2) is 23.0 Å². The summed E-state index contributed by atoms with van der Waals surface area (Å²) in [4.78, 5) is 22.5. The summed E-state index contributed by atoms with van der Waals surface area (Å²) in [6.07, 6.45) is 0.531. The van der Waals surface area contributed by atoms with Gasteiger partial charge in [0.2, 0.25) is 5.91 Å². The van der Waals surface area contributed by atoms with Gasteiger partial charge in [-0.3, -0.25) is 4.79 Å². The molecular formula is C12H16N2O3. The first-order chi connectivity index (χ1) is 7.97. The van der Waals surface area contributed by atoms with Crippen molar-refractivity contribution in [1.82, 2.24) is 0 Å². The summed E-state index contributed by atoms with van der Waals surface area (Å²) in [7, 11) is 0. The van der Waals surface area contributed by atoms with E-state index in [1.165, 1.54) is 6.07 Å². The number of aromatic carboxylic acids is 1. The van der Waals surface area contributed by atoms with Crippen LogP contribution in [0, 0.1) is 6.92 Å². The Kier molecular flexibility index (Phi) is 4.23. The molecule has 0 aromatic heterocycles. The minimum absolute atomic E-state index is 0.174. The minimum Gasteiger partial charge on any atom is -0.478 e. The topological polar surface area (TPSA) is 92.4 Å². The molecule has 17 heavy (non-hydrogen) atoms. The van der Waals surface area contributed by atoms with Gasteiger partial charge in [0.1, 0.15) is 0 Å². The van der Waals surface area contributed by atoms with Gasteiger partial charge in [-0.25, -0.2) is 4.79 Å². The maximum absolute atomic E-state index is 11.6. The fourth-order valence-corrected chi connectivity index (χ4v) is 1.41. The molecule has 4 N–H and O–H groups in total. The lowest BCUT2D eigenvalue weighted by Gasteiger charge is -2.13. The van der Waals surface area contributed by atoms with Crippen LogP contribution in [0.25, 0.3) is 0 Å². The number of nitrogens with two attached hydrogens (primary N) is 1. The number of nitrogens with one attached hydrogen (secondary N) is 1. The van der Waals surface area contributed by atoms with Gasteiger partial charge in [0.25, 0.3) is 0 Å². The van der Waals surface area contributed by atoms with Crippen molar-refractivity contribution < 1.29 is 14.7 Å². The predicted octanol–water partition coefficient (Wildman–Crippen LogP) is 1.37. The summed E-state index contributed by atoms with van der Waals surface area (Å²) in [5.74, 6) is -1.32. The van der Waals surface area contributed by atoms with E-state index in [4.69, 9.17) is 10.8 Å². The van der Waals surface area contributed by atoms with Gasteiger partial charge in [-0.05, 0) is 31.0 Å². The van der Waals surface area contributed by atoms with Crippen LogP contribution in [0.5, 0.6) is 0 Å². The molecule has 92 valence electrons. The second kappa shape index (κ2) is 5.45. The van der Waals surface area contributed by atoms with Crippen molar-refractivity contribution >= 4 is 17.6 Å². The Labute approximate surface area is 99.6 Å². The fraction of sp³-hybridized carbons (Fsp3) is 0.333. The van der Waals surface area contributed by atoms with E-state index >= 15 is 0 Å². The first kappa shape index (κ1) is 13.2. The quantitative estimate of drug-likeness (QED) is 0.736. The Morgan fingerprint density at radius 2 is 2.12 bits per heavy atom. The number of anilines is 1. The fourth-order valence-electron chi connectivity index (χ4n) is 1.41. The van der Waals surface area contributed by atoms with Crippen LogP contribution >= 0.6 is 0 Å². The van der Waals surface area contributed by atoms with Gasteiger partial charge in [-0.15, -0.1) is 0 Å². The number of rotatable bonds is 4. The average molecular weight is 236 g/mol. The smallest absolute Gasteiger partial charge is 0.336 e. The molecule has 0 fully saturated rings. The average Bonchev–Trinajstić information content (AvgIpc) is 2.30. The maximum atomic E-state index is 11.6. The molecule has 5 nitrogen and oxygen atoms in total. The molecule has 1 aromatic carbocycles. The van der Waals surface area contributed by atoms with Gasteiger partial charge in [0, 0.05) is 5.69 Å². The number of carbonyl (C=O) groups excluding carboxylic acids is 1. The number of carboxylic acid groups (broad SMARTS) is 1. The van der Waals surface area contributed by atoms with Gasteiger partial charge in [-0.1, -0.05) is 13.0 Å². The van der Waals surface area contributed by atoms with Crippen LogP contribution in [0.15, 0.2) is 18.2 Å². The van der Waals surface area contributed by atoms with Gasteiger partial charge in [0.15, 0.2) is 0 Å². The second-order valence-electron chi connectivity index (χ2n) is 3.79. The number of carboxylic acids is 1. The molecule has 0 bridgehead atoms. The molecule has 0 heterocycles. The van der Waals surface area contributed by atoms with Crippen molar-refractivity contribution in [3.05, 3.63) is 29.3 Å². The molecule has 0 saturated carbocycles. The van der Waals surface area contributed by atoms with Crippen molar-refractivity contribution in [1.29, 1.82) is 0 Å². The Morgan fingerprint density at radius 1 is 1.47 bits per heavy atom. The summed E-state index contributed by atoms with van der Waals surface area (Å²) in [5.41, 5.74) is 6.77. The SMILES string of the molecule is CC[C@H](N)C(=O)Nc1cccc(C(=O)O)c1C. The standard InChI is InChI=1S/C12H16N2O3/c1-3-9(13)11(15)14-10-6-4-5-8(7(10)2)12(16)17/h4-6,9H,3,13H2,1-2H3,(H,14,15)(H,16,17)/t9-/m0/s1. The maximum Gasteiger partial charge on any atom is 0.336 e. The molecule has 0 unspecified atom stereocenters. The largest absolute Gasteiger partial charge is 0.478 e. The normalized spacial score (nSPS) is 11.9. The van der Waals surface area contributed by atoms with Crippen molar-refractivity contribution in [2.45, 2.75) is 26.3 Å². The van der Waals surface area contributed by atoms with Crippen LogP contribution in [0.1, 0.15) is 29.3 Å². The van der Waals surface area contributed by atoms with Crippen LogP contribution in [-0.2, 0) is 4.79 Å². The Bertz CT molecular complexity index is 443. The molecule has 0 aliphatic carbocycles. The van der Waals surface area contributed by atoms with E-state index in [9.17, 15) is 9.59 Å². The Morgan fingerprint density at radius 3 is 2.65 bits per heavy atom. The van der Waals surface area contributed by atoms with E-state index in [0.29, 0.717) is 17.7 Å². The monoisotopic (exact) mass is 236 g/mol. The van der Waals surface area contributed by atoms with Crippen molar-refractivity contribution in [3.8, 4) is 0 Å². The Balaban J connectivity index is 2.96. The second-order valence-corrected chi connectivity index (χ2v) is 3.79. The van der Waals surface area contributed by atoms with E-state index in [1.54, 1.807) is 19.1 Å². The van der Waals surface area contributed by atoms with Gasteiger partial charge >= 0.3 is 5.97 Å². The molecule has 5 heteroatoms. The molecule has 1 amide bonds. The Hall–Kier alpha value is -1.88. The predicted molar refractivity (Wildman–Crippen MR) is 65.0 cm³/mol. The van der Waals surface area contributed by atoms with Gasteiger partial charge < -0.3 is 16.2 Å².